The first-order valence-corrected chi connectivity index (χ1v) is 10.2. The third kappa shape index (κ3) is 6.99. The van der Waals surface area contributed by atoms with E-state index in [9.17, 15) is 15.3 Å². The molecule has 4 nitrogen and oxygen atoms in total. The summed E-state index contributed by atoms with van der Waals surface area (Å²) in [6.07, 6.45) is 7.00. The van der Waals surface area contributed by atoms with Crippen LogP contribution in [-0.2, 0) is 0 Å². The second-order valence-corrected chi connectivity index (χ2v) is 7.42. The minimum Gasteiger partial charge on any atom is -0.393 e. The van der Waals surface area contributed by atoms with Gasteiger partial charge in [0.15, 0.2) is 0 Å². The topological polar surface area (TPSA) is 86.7 Å². The molecule has 0 bridgehead atoms. The van der Waals surface area contributed by atoms with Gasteiger partial charge >= 0.3 is 0 Å². The van der Waals surface area contributed by atoms with Gasteiger partial charge in [-0.05, 0) is 25.7 Å². The third-order valence-corrected chi connectivity index (χ3v) is 5.38. The zero-order valence-electron chi connectivity index (χ0n) is 16.5. The van der Waals surface area contributed by atoms with Gasteiger partial charge in [0.1, 0.15) is 0 Å². The van der Waals surface area contributed by atoms with Gasteiger partial charge in [-0.3, -0.25) is 0 Å². The molecule has 0 saturated carbocycles. The van der Waals surface area contributed by atoms with Crippen molar-refractivity contribution in [3.05, 3.63) is 0 Å². The van der Waals surface area contributed by atoms with E-state index in [2.05, 4.69) is 27.7 Å². The molecule has 4 heteroatoms. The molecule has 0 aliphatic heterocycles. The van der Waals surface area contributed by atoms with Crippen LogP contribution in [0.4, 0.5) is 0 Å². The van der Waals surface area contributed by atoms with Crippen molar-refractivity contribution in [2.24, 2.45) is 11.7 Å². The van der Waals surface area contributed by atoms with Crippen LogP contribution in [-0.4, -0.2) is 39.2 Å². The van der Waals surface area contributed by atoms with Gasteiger partial charge < -0.3 is 21.1 Å². The van der Waals surface area contributed by atoms with Gasteiger partial charge in [-0.25, -0.2) is 0 Å². The van der Waals surface area contributed by atoms with Gasteiger partial charge in [-0.1, -0.05) is 72.6 Å². The molecule has 0 fully saturated rings. The fraction of sp³-hybridized carbons (Fsp3) is 1.00. The van der Waals surface area contributed by atoms with E-state index in [1.54, 1.807) is 0 Å². The Morgan fingerprint density at radius 2 is 1.08 bits per heavy atom. The number of nitrogens with two attached hydrogens (primary N) is 1. The largest absolute Gasteiger partial charge is 0.393 e. The minimum atomic E-state index is -1.13. The zero-order chi connectivity index (χ0) is 18.6. The highest BCUT2D eigenvalue weighted by Crippen LogP contribution is 2.35. The Balaban J connectivity index is 5.46. The van der Waals surface area contributed by atoms with E-state index >= 15 is 0 Å². The summed E-state index contributed by atoms with van der Waals surface area (Å²) in [6, 6.07) is 0. The Morgan fingerprint density at radius 1 is 0.667 bits per heavy atom. The van der Waals surface area contributed by atoms with Crippen molar-refractivity contribution in [2.45, 2.75) is 122 Å². The SMILES string of the molecule is CCCCC(O)C(CCC)C(N)(C(O)CCCC)C(O)CCCC. The molecule has 0 aliphatic carbocycles. The molecule has 0 saturated heterocycles. The molecule has 4 atom stereocenters. The second kappa shape index (κ2) is 13.1. The van der Waals surface area contributed by atoms with Crippen LogP contribution in [0.25, 0.3) is 0 Å². The molecule has 0 radical (unpaired) electrons. The summed E-state index contributed by atoms with van der Waals surface area (Å²) < 4.78 is 0. The highest BCUT2D eigenvalue weighted by molar-refractivity contribution is 5.04. The van der Waals surface area contributed by atoms with Crippen LogP contribution in [0, 0.1) is 5.92 Å². The molecule has 0 heterocycles. The smallest absolute Gasteiger partial charge is 0.0748 e. The van der Waals surface area contributed by atoms with E-state index in [1.165, 1.54) is 0 Å². The van der Waals surface area contributed by atoms with Gasteiger partial charge in [0.25, 0.3) is 0 Å². The van der Waals surface area contributed by atoms with E-state index in [0.717, 1.165) is 51.4 Å². The number of hydrogen-bond donors (Lipinski definition) is 4. The summed E-state index contributed by atoms with van der Waals surface area (Å²) in [5.74, 6) is -0.271. The van der Waals surface area contributed by atoms with Crippen LogP contribution in [0.1, 0.15) is 98.3 Å². The second-order valence-electron chi connectivity index (χ2n) is 7.42. The Hall–Kier alpha value is -0.160. The lowest BCUT2D eigenvalue weighted by molar-refractivity contribution is -0.0872. The van der Waals surface area contributed by atoms with Crippen LogP contribution < -0.4 is 5.73 Å². The average Bonchev–Trinajstić information content (AvgIpc) is 2.59. The monoisotopic (exact) mass is 345 g/mol. The van der Waals surface area contributed by atoms with Crippen molar-refractivity contribution in [3.63, 3.8) is 0 Å². The van der Waals surface area contributed by atoms with E-state index in [0.29, 0.717) is 19.3 Å². The van der Waals surface area contributed by atoms with Crippen molar-refractivity contribution >= 4 is 0 Å². The normalized spacial score (nSPS) is 19.5. The third-order valence-electron chi connectivity index (χ3n) is 5.38. The van der Waals surface area contributed by atoms with Crippen LogP contribution >= 0.6 is 0 Å². The Bertz CT molecular complexity index is 285. The lowest BCUT2D eigenvalue weighted by Gasteiger charge is -2.46. The summed E-state index contributed by atoms with van der Waals surface area (Å²) in [4.78, 5) is 0. The van der Waals surface area contributed by atoms with Crippen molar-refractivity contribution in [2.75, 3.05) is 0 Å². The number of hydrogen-bond acceptors (Lipinski definition) is 4. The summed E-state index contributed by atoms with van der Waals surface area (Å²) in [5.41, 5.74) is 5.58. The maximum Gasteiger partial charge on any atom is 0.0748 e. The predicted molar refractivity (Wildman–Crippen MR) is 102 cm³/mol. The molecule has 5 N–H and O–H groups in total. The fourth-order valence-corrected chi connectivity index (χ4v) is 3.71. The van der Waals surface area contributed by atoms with Crippen LogP contribution in [0.15, 0.2) is 0 Å². The highest BCUT2D eigenvalue weighted by Gasteiger charge is 2.48. The molecule has 146 valence electrons. The Morgan fingerprint density at radius 3 is 1.46 bits per heavy atom. The zero-order valence-corrected chi connectivity index (χ0v) is 16.5. The van der Waals surface area contributed by atoms with Crippen molar-refractivity contribution in [1.29, 1.82) is 0 Å². The molecular formula is C20H43NO3. The number of rotatable bonds is 15. The van der Waals surface area contributed by atoms with E-state index < -0.39 is 23.9 Å². The van der Waals surface area contributed by atoms with Crippen LogP contribution in [0.3, 0.4) is 0 Å². The molecule has 0 aromatic carbocycles. The molecule has 0 spiro atoms. The summed E-state index contributed by atoms with van der Waals surface area (Å²) >= 11 is 0. The molecule has 0 rings (SSSR count). The van der Waals surface area contributed by atoms with E-state index in [1.807, 2.05) is 0 Å². The average molecular weight is 346 g/mol. The number of aliphatic hydroxyl groups excluding tert-OH is 3. The minimum absolute atomic E-state index is 0.271. The maximum absolute atomic E-state index is 10.8. The van der Waals surface area contributed by atoms with Crippen molar-refractivity contribution < 1.29 is 15.3 Å². The molecule has 4 unspecified atom stereocenters. The fourth-order valence-electron chi connectivity index (χ4n) is 3.71. The maximum atomic E-state index is 10.8. The predicted octanol–water partition coefficient (Wildman–Crippen LogP) is 3.75. The van der Waals surface area contributed by atoms with Crippen LogP contribution in [0.5, 0.6) is 0 Å². The van der Waals surface area contributed by atoms with E-state index in [4.69, 9.17) is 5.73 Å². The van der Waals surface area contributed by atoms with Crippen molar-refractivity contribution in [3.8, 4) is 0 Å². The van der Waals surface area contributed by atoms with Gasteiger partial charge in [0.05, 0.1) is 23.9 Å². The Labute approximate surface area is 149 Å². The first-order chi connectivity index (χ1) is 11.4. The first kappa shape index (κ1) is 23.8. The summed E-state index contributed by atoms with van der Waals surface area (Å²) in [5, 5.41) is 32.4. The van der Waals surface area contributed by atoms with Crippen molar-refractivity contribution in [1.82, 2.24) is 0 Å². The van der Waals surface area contributed by atoms with Gasteiger partial charge in [0, 0.05) is 5.92 Å². The standard InChI is InChI=1S/C20H43NO3/c1-5-9-13-17(22)16(12-8-4)20(21,18(23)14-10-6-2)19(24)15-11-7-3/h16-19,22-24H,5-15,21H2,1-4H3. The van der Waals surface area contributed by atoms with Gasteiger partial charge in [-0.15, -0.1) is 0 Å². The number of aliphatic hydroxyl groups is 3. The van der Waals surface area contributed by atoms with Gasteiger partial charge in [0.2, 0.25) is 0 Å². The Kier molecular flexibility index (Phi) is 13.0. The summed E-state index contributed by atoms with van der Waals surface area (Å²) in [7, 11) is 0. The summed E-state index contributed by atoms with van der Waals surface area (Å²) in [6.45, 7) is 8.33. The molecule has 24 heavy (non-hydrogen) atoms. The highest BCUT2D eigenvalue weighted by atomic mass is 16.3. The molecule has 0 aromatic heterocycles. The molecule has 0 aliphatic rings. The quantitative estimate of drug-likeness (QED) is 0.364. The number of unbranched alkanes of at least 4 members (excludes halogenated alkanes) is 3. The van der Waals surface area contributed by atoms with Crippen LogP contribution in [0.2, 0.25) is 0 Å². The molecular weight excluding hydrogens is 302 g/mol. The lowest BCUT2D eigenvalue weighted by atomic mass is 9.68. The van der Waals surface area contributed by atoms with E-state index in [-0.39, 0.29) is 5.92 Å². The lowest BCUT2D eigenvalue weighted by Crippen LogP contribution is -2.66. The first-order valence-electron chi connectivity index (χ1n) is 10.2. The molecule has 0 aromatic rings. The van der Waals surface area contributed by atoms with Gasteiger partial charge in [-0.2, -0.15) is 0 Å². The molecule has 0 amide bonds.